The summed E-state index contributed by atoms with van der Waals surface area (Å²) in [5.41, 5.74) is 7.58. The van der Waals surface area contributed by atoms with Gasteiger partial charge in [-0.1, -0.05) is 0 Å². The molecule has 0 bridgehead atoms. The van der Waals surface area contributed by atoms with Crippen molar-refractivity contribution >= 4 is 5.69 Å². The van der Waals surface area contributed by atoms with E-state index < -0.39 is 0 Å². The lowest BCUT2D eigenvalue weighted by molar-refractivity contribution is 0.148. The van der Waals surface area contributed by atoms with Gasteiger partial charge in [0.25, 0.3) is 0 Å². The molecule has 0 unspecified atom stereocenters. The molecule has 0 radical (unpaired) electrons. The van der Waals surface area contributed by atoms with E-state index in [-0.39, 0.29) is 5.54 Å². The quantitative estimate of drug-likeness (QED) is 0.864. The highest BCUT2D eigenvalue weighted by atomic mass is 16.5. The maximum absolute atomic E-state index is 6.02. The van der Waals surface area contributed by atoms with E-state index in [0.717, 1.165) is 24.2 Å². The van der Waals surface area contributed by atoms with Gasteiger partial charge in [0.2, 0.25) is 0 Å². The van der Waals surface area contributed by atoms with Gasteiger partial charge in [-0.3, -0.25) is 0 Å². The summed E-state index contributed by atoms with van der Waals surface area (Å²) in [6.07, 6.45) is 3.44. The van der Waals surface area contributed by atoms with Gasteiger partial charge < -0.3 is 10.5 Å². The first-order valence-corrected chi connectivity index (χ1v) is 6.95. The average Bonchev–Trinajstić information content (AvgIpc) is 2.88. The maximum Gasteiger partial charge on any atom is 0.182 e. The van der Waals surface area contributed by atoms with Gasteiger partial charge in [-0.05, 0) is 61.7 Å². The molecule has 0 amide bonds. The van der Waals surface area contributed by atoms with Crippen molar-refractivity contribution in [1.82, 2.24) is 20.2 Å². The van der Waals surface area contributed by atoms with E-state index in [1.54, 1.807) is 0 Å². The molecule has 1 aromatic heterocycles. The van der Waals surface area contributed by atoms with Gasteiger partial charge in [-0.25, -0.2) is 4.68 Å². The molecule has 2 aromatic rings. The zero-order chi connectivity index (χ0) is 14.2. The van der Waals surface area contributed by atoms with Crippen molar-refractivity contribution in [2.75, 3.05) is 12.3 Å². The van der Waals surface area contributed by atoms with Crippen LogP contribution < -0.4 is 10.5 Å². The third kappa shape index (κ3) is 2.01. The molecule has 6 heteroatoms. The summed E-state index contributed by atoms with van der Waals surface area (Å²) in [6.45, 7) is 4.72. The summed E-state index contributed by atoms with van der Waals surface area (Å²) in [4.78, 5) is 0. The van der Waals surface area contributed by atoms with Crippen LogP contribution >= 0.6 is 0 Å². The molecule has 6 nitrogen and oxygen atoms in total. The average molecular weight is 273 g/mol. The van der Waals surface area contributed by atoms with Crippen molar-refractivity contribution in [2.24, 2.45) is 0 Å². The molecule has 0 spiro atoms. The molecular formula is C14H19N5O. The predicted octanol–water partition coefficient (Wildman–Crippen LogP) is 2.22. The molecule has 1 aliphatic rings. The molecular weight excluding hydrogens is 254 g/mol. The number of hydrogen-bond donors (Lipinski definition) is 1. The summed E-state index contributed by atoms with van der Waals surface area (Å²) in [6, 6.07) is 5.69. The first kappa shape index (κ1) is 12.9. The number of nitrogen functional groups attached to an aromatic ring is 1. The molecule has 1 fully saturated rings. The number of aromatic nitrogens is 4. The second-order valence-corrected chi connectivity index (χ2v) is 5.45. The van der Waals surface area contributed by atoms with E-state index in [4.69, 9.17) is 10.5 Å². The number of benzene rings is 1. The minimum absolute atomic E-state index is 0.0339. The zero-order valence-corrected chi connectivity index (χ0v) is 11.8. The lowest BCUT2D eigenvalue weighted by atomic mass is 9.78. The van der Waals surface area contributed by atoms with Crippen LogP contribution in [0.2, 0.25) is 0 Å². The number of tetrazole rings is 1. The first-order valence-electron chi connectivity index (χ1n) is 6.95. The van der Waals surface area contributed by atoms with E-state index in [1.807, 2.05) is 29.8 Å². The van der Waals surface area contributed by atoms with E-state index in [9.17, 15) is 0 Å². The molecule has 20 heavy (non-hydrogen) atoms. The van der Waals surface area contributed by atoms with Gasteiger partial charge in [-0.2, -0.15) is 0 Å². The Kier molecular flexibility index (Phi) is 3.08. The summed E-state index contributed by atoms with van der Waals surface area (Å²) in [5.74, 6) is 1.46. The number of nitrogens with two attached hydrogens (primary N) is 1. The Hall–Kier alpha value is -2.11. The van der Waals surface area contributed by atoms with Gasteiger partial charge in [0.15, 0.2) is 5.82 Å². The largest absolute Gasteiger partial charge is 0.492 e. The second kappa shape index (κ2) is 4.77. The Morgan fingerprint density at radius 2 is 2.20 bits per heavy atom. The molecule has 106 valence electrons. The third-order valence-electron chi connectivity index (χ3n) is 3.98. The number of anilines is 1. The van der Waals surface area contributed by atoms with Crippen molar-refractivity contribution in [3.05, 3.63) is 18.2 Å². The number of ether oxygens (including phenoxy) is 1. The topological polar surface area (TPSA) is 78.9 Å². The molecule has 2 N–H and O–H groups in total. The molecule has 1 heterocycles. The molecule has 0 aliphatic heterocycles. The van der Waals surface area contributed by atoms with Crippen LogP contribution in [-0.4, -0.2) is 26.8 Å². The highest BCUT2D eigenvalue weighted by Crippen LogP contribution is 2.40. The number of hydrogen-bond acceptors (Lipinski definition) is 5. The maximum atomic E-state index is 6.02. The van der Waals surface area contributed by atoms with Crippen molar-refractivity contribution < 1.29 is 4.74 Å². The Morgan fingerprint density at radius 1 is 1.40 bits per heavy atom. The number of rotatable bonds is 4. The van der Waals surface area contributed by atoms with E-state index in [2.05, 4.69) is 22.4 Å². The smallest absolute Gasteiger partial charge is 0.182 e. The zero-order valence-electron chi connectivity index (χ0n) is 11.8. The minimum Gasteiger partial charge on any atom is -0.492 e. The highest BCUT2D eigenvalue weighted by molar-refractivity contribution is 5.66. The van der Waals surface area contributed by atoms with Crippen LogP contribution in [-0.2, 0) is 5.54 Å². The molecule has 0 saturated heterocycles. The van der Waals surface area contributed by atoms with Crippen molar-refractivity contribution in [3.63, 3.8) is 0 Å². The van der Waals surface area contributed by atoms with Crippen molar-refractivity contribution in [2.45, 2.75) is 38.6 Å². The Labute approximate surface area is 117 Å². The van der Waals surface area contributed by atoms with Crippen LogP contribution in [0.5, 0.6) is 5.75 Å². The van der Waals surface area contributed by atoms with E-state index in [0.29, 0.717) is 18.0 Å². The standard InChI is InChI=1S/C14H19N5O/c1-3-20-12-6-5-10(9-11(12)15)13-16-17-18-19(13)14(2)7-4-8-14/h5-6,9H,3-4,7-8,15H2,1-2H3. The fourth-order valence-corrected chi connectivity index (χ4v) is 2.61. The van der Waals surface area contributed by atoms with Gasteiger partial charge in [0.1, 0.15) is 5.75 Å². The lowest BCUT2D eigenvalue weighted by Gasteiger charge is -2.38. The Morgan fingerprint density at radius 3 is 2.80 bits per heavy atom. The van der Waals surface area contributed by atoms with Crippen LogP contribution in [0.4, 0.5) is 5.69 Å². The van der Waals surface area contributed by atoms with Gasteiger partial charge >= 0.3 is 0 Å². The van der Waals surface area contributed by atoms with Crippen LogP contribution in [0.3, 0.4) is 0 Å². The second-order valence-electron chi connectivity index (χ2n) is 5.45. The van der Waals surface area contributed by atoms with Crippen LogP contribution in [0, 0.1) is 0 Å². The molecule has 1 aliphatic carbocycles. The molecule has 0 atom stereocenters. The SMILES string of the molecule is CCOc1ccc(-c2nnnn2C2(C)CCC2)cc1N. The van der Waals surface area contributed by atoms with Crippen LogP contribution in [0.1, 0.15) is 33.1 Å². The van der Waals surface area contributed by atoms with Crippen LogP contribution in [0.25, 0.3) is 11.4 Å². The van der Waals surface area contributed by atoms with Crippen molar-refractivity contribution in [1.29, 1.82) is 0 Å². The monoisotopic (exact) mass is 273 g/mol. The van der Waals surface area contributed by atoms with Gasteiger partial charge in [0.05, 0.1) is 17.8 Å². The Bertz CT molecular complexity index is 618. The van der Waals surface area contributed by atoms with E-state index >= 15 is 0 Å². The van der Waals surface area contributed by atoms with Crippen LogP contribution in [0.15, 0.2) is 18.2 Å². The minimum atomic E-state index is 0.0339. The summed E-state index contributed by atoms with van der Waals surface area (Å²) < 4.78 is 7.38. The fraction of sp³-hybridized carbons (Fsp3) is 0.500. The predicted molar refractivity (Wildman–Crippen MR) is 76.3 cm³/mol. The van der Waals surface area contributed by atoms with E-state index in [1.165, 1.54) is 6.42 Å². The highest BCUT2D eigenvalue weighted by Gasteiger charge is 2.37. The summed E-state index contributed by atoms with van der Waals surface area (Å²) >= 11 is 0. The molecule has 3 rings (SSSR count). The third-order valence-corrected chi connectivity index (χ3v) is 3.98. The fourth-order valence-electron chi connectivity index (χ4n) is 2.61. The Balaban J connectivity index is 1.98. The number of nitrogens with zero attached hydrogens (tertiary/aromatic N) is 4. The first-order chi connectivity index (χ1) is 9.64. The normalized spacial score (nSPS) is 16.7. The summed E-state index contributed by atoms with van der Waals surface area (Å²) in [5, 5.41) is 12.1. The van der Waals surface area contributed by atoms with Gasteiger partial charge in [-0.15, -0.1) is 5.10 Å². The molecule has 1 saturated carbocycles. The summed E-state index contributed by atoms with van der Waals surface area (Å²) in [7, 11) is 0. The van der Waals surface area contributed by atoms with Crippen molar-refractivity contribution in [3.8, 4) is 17.1 Å². The lowest BCUT2D eigenvalue weighted by Crippen LogP contribution is -2.38. The molecule has 1 aromatic carbocycles. The van der Waals surface area contributed by atoms with Gasteiger partial charge in [0, 0.05) is 5.56 Å².